The van der Waals surface area contributed by atoms with Gasteiger partial charge in [-0.1, -0.05) is 6.07 Å². The minimum atomic E-state index is -0.0569. The lowest BCUT2D eigenvalue weighted by atomic mass is 10.2. The summed E-state index contributed by atoms with van der Waals surface area (Å²) in [4.78, 5) is 13.0. The molecule has 0 fully saturated rings. The van der Waals surface area contributed by atoms with E-state index in [9.17, 15) is 9.90 Å². The molecule has 0 saturated heterocycles. The summed E-state index contributed by atoms with van der Waals surface area (Å²) in [7, 11) is 1.66. The summed E-state index contributed by atoms with van der Waals surface area (Å²) in [5, 5.41) is 9.25. The van der Waals surface area contributed by atoms with Crippen LogP contribution in [0.3, 0.4) is 0 Å². The zero-order valence-corrected chi connectivity index (χ0v) is 8.60. The van der Waals surface area contributed by atoms with Crippen molar-refractivity contribution < 1.29 is 9.90 Å². The monoisotopic (exact) mass is 203 g/mol. The third-order valence-corrected chi connectivity index (χ3v) is 2.07. The molecular formula is C12H13NO2. The van der Waals surface area contributed by atoms with Gasteiger partial charge in [-0.15, -0.1) is 12.3 Å². The molecule has 0 atom stereocenters. The van der Waals surface area contributed by atoms with Crippen molar-refractivity contribution in [3.63, 3.8) is 0 Å². The highest BCUT2D eigenvalue weighted by Gasteiger charge is 2.09. The van der Waals surface area contributed by atoms with Crippen LogP contribution in [-0.4, -0.2) is 18.1 Å². The predicted octanol–water partition coefficient (Wildman–Crippen LogP) is 1.77. The molecule has 1 rings (SSSR count). The number of carbonyl (C=O) groups excluding carboxylic acids is 1. The molecule has 0 bridgehead atoms. The second-order valence-corrected chi connectivity index (χ2v) is 3.18. The van der Waals surface area contributed by atoms with Crippen molar-refractivity contribution in [2.24, 2.45) is 0 Å². The average molecular weight is 203 g/mol. The molecule has 15 heavy (non-hydrogen) atoms. The summed E-state index contributed by atoms with van der Waals surface area (Å²) >= 11 is 0. The maximum atomic E-state index is 11.6. The van der Waals surface area contributed by atoms with E-state index in [0.717, 1.165) is 0 Å². The summed E-state index contributed by atoms with van der Waals surface area (Å²) in [6.07, 6.45) is 5.83. The van der Waals surface area contributed by atoms with E-state index in [2.05, 4.69) is 5.92 Å². The Morgan fingerprint density at radius 3 is 2.93 bits per heavy atom. The number of carbonyl (C=O) groups is 1. The fraction of sp³-hybridized carbons (Fsp3) is 0.250. The van der Waals surface area contributed by atoms with Gasteiger partial charge in [-0.25, -0.2) is 0 Å². The number of phenols is 1. The van der Waals surface area contributed by atoms with Crippen molar-refractivity contribution in [2.45, 2.75) is 12.8 Å². The molecule has 0 saturated carbocycles. The van der Waals surface area contributed by atoms with E-state index in [-0.39, 0.29) is 11.7 Å². The van der Waals surface area contributed by atoms with Gasteiger partial charge in [0, 0.05) is 31.6 Å². The molecule has 0 radical (unpaired) electrons. The largest absolute Gasteiger partial charge is 0.508 e. The Kier molecular flexibility index (Phi) is 3.75. The van der Waals surface area contributed by atoms with E-state index in [1.807, 2.05) is 0 Å². The lowest BCUT2D eigenvalue weighted by Gasteiger charge is -2.16. The quantitative estimate of drug-likeness (QED) is 0.760. The van der Waals surface area contributed by atoms with Crippen molar-refractivity contribution in [1.82, 2.24) is 0 Å². The molecule has 0 aliphatic rings. The van der Waals surface area contributed by atoms with Crippen molar-refractivity contribution in [3.8, 4) is 18.1 Å². The molecule has 1 aromatic rings. The first kappa shape index (κ1) is 11.1. The van der Waals surface area contributed by atoms with Gasteiger partial charge in [0.15, 0.2) is 0 Å². The number of aromatic hydroxyl groups is 1. The molecule has 1 aromatic carbocycles. The van der Waals surface area contributed by atoms with Crippen LogP contribution < -0.4 is 4.90 Å². The Bertz CT molecular complexity index is 393. The number of phenolic OH excluding ortho intramolecular Hbond substituents is 1. The minimum absolute atomic E-state index is 0.0569. The zero-order chi connectivity index (χ0) is 11.3. The molecule has 1 N–H and O–H groups in total. The Hall–Kier alpha value is -1.95. The van der Waals surface area contributed by atoms with Crippen molar-refractivity contribution in [1.29, 1.82) is 0 Å². The van der Waals surface area contributed by atoms with Gasteiger partial charge in [-0.2, -0.15) is 0 Å². The van der Waals surface area contributed by atoms with E-state index < -0.39 is 0 Å². The fourth-order valence-electron chi connectivity index (χ4n) is 1.19. The lowest BCUT2D eigenvalue weighted by Crippen LogP contribution is -2.25. The molecule has 0 unspecified atom stereocenters. The smallest absolute Gasteiger partial charge is 0.227 e. The van der Waals surface area contributed by atoms with E-state index >= 15 is 0 Å². The SMILES string of the molecule is C#CCCC(=O)N(C)c1cccc(O)c1. The van der Waals surface area contributed by atoms with Crippen LogP contribution in [0.2, 0.25) is 0 Å². The Labute approximate surface area is 89.3 Å². The second kappa shape index (κ2) is 5.06. The van der Waals surface area contributed by atoms with Crippen LogP contribution in [0.25, 0.3) is 0 Å². The van der Waals surface area contributed by atoms with Gasteiger partial charge < -0.3 is 10.0 Å². The zero-order valence-electron chi connectivity index (χ0n) is 8.60. The molecule has 0 aliphatic heterocycles. The van der Waals surface area contributed by atoms with Crippen LogP contribution in [0.1, 0.15) is 12.8 Å². The molecule has 0 aliphatic carbocycles. The highest BCUT2D eigenvalue weighted by Crippen LogP contribution is 2.19. The maximum absolute atomic E-state index is 11.6. The topological polar surface area (TPSA) is 40.5 Å². The summed E-state index contributed by atoms with van der Waals surface area (Å²) in [5.41, 5.74) is 0.664. The molecule has 1 amide bonds. The third-order valence-electron chi connectivity index (χ3n) is 2.07. The molecule has 78 valence electrons. The number of amides is 1. The van der Waals surface area contributed by atoms with Crippen molar-refractivity contribution in [3.05, 3.63) is 24.3 Å². The van der Waals surface area contributed by atoms with E-state index in [1.54, 1.807) is 25.2 Å². The first-order valence-electron chi connectivity index (χ1n) is 4.64. The maximum Gasteiger partial charge on any atom is 0.227 e. The van der Waals surface area contributed by atoms with Crippen molar-refractivity contribution >= 4 is 11.6 Å². The van der Waals surface area contributed by atoms with Crippen LogP contribution in [0, 0.1) is 12.3 Å². The van der Waals surface area contributed by atoms with E-state index in [0.29, 0.717) is 18.5 Å². The summed E-state index contributed by atoms with van der Waals surface area (Å²) in [5.74, 6) is 2.51. The molecule has 0 aromatic heterocycles. The fourth-order valence-corrected chi connectivity index (χ4v) is 1.19. The second-order valence-electron chi connectivity index (χ2n) is 3.18. The molecule has 0 heterocycles. The van der Waals surface area contributed by atoms with Crippen LogP contribution in [-0.2, 0) is 4.79 Å². The van der Waals surface area contributed by atoms with Gasteiger partial charge in [0.05, 0.1) is 0 Å². The Morgan fingerprint density at radius 2 is 2.33 bits per heavy atom. The molecular weight excluding hydrogens is 190 g/mol. The highest BCUT2D eigenvalue weighted by atomic mass is 16.3. The first-order valence-corrected chi connectivity index (χ1v) is 4.64. The van der Waals surface area contributed by atoms with Gasteiger partial charge >= 0.3 is 0 Å². The van der Waals surface area contributed by atoms with Gasteiger partial charge in [-0.05, 0) is 12.1 Å². The molecule has 3 heteroatoms. The Balaban J connectivity index is 2.72. The standard InChI is InChI=1S/C12H13NO2/c1-3-4-8-12(15)13(2)10-6-5-7-11(14)9-10/h1,5-7,9,14H,4,8H2,2H3. The molecule has 3 nitrogen and oxygen atoms in total. The lowest BCUT2D eigenvalue weighted by molar-refractivity contribution is -0.118. The third kappa shape index (κ3) is 3.03. The van der Waals surface area contributed by atoms with Crippen LogP contribution in [0.15, 0.2) is 24.3 Å². The predicted molar refractivity (Wildman–Crippen MR) is 59.6 cm³/mol. The number of benzene rings is 1. The summed E-state index contributed by atoms with van der Waals surface area (Å²) < 4.78 is 0. The van der Waals surface area contributed by atoms with Crippen LogP contribution >= 0.6 is 0 Å². The van der Waals surface area contributed by atoms with Gasteiger partial charge in [0.1, 0.15) is 5.75 Å². The summed E-state index contributed by atoms with van der Waals surface area (Å²) in [6.45, 7) is 0. The average Bonchev–Trinajstić information content (AvgIpc) is 2.24. The van der Waals surface area contributed by atoms with Crippen LogP contribution in [0.5, 0.6) is 5.75 Å². The van der Waals surface area contributed by atoms with Crippen LogP contribution in [0.4, 0.5) is 5.69 Å². The van der Waals surface area contributed by atoms with E-state index in [1.165, 1.54) is 11.0 Å². The number of rotatable bonds is 3. The van der Waals surface area contributed by atoms with Gasteiger partial charge in [0.2, 0.25) is 5.91 Å². The van der Waals surface area contributed by atoms with Gasteiger partial charge in [0.25, 0.3) is 0 Å². The molecule has 0 spiro atoms. The highest BCUT2D eigenvalue weighted by molar-refractivity contribution is 5.93. The normalized spacial score (nSPS) is 9.33. The number of anilines is 1. The number of hydrogen-bond donors (Lipinski definition) is 1. The number of hydrogen-bond acceptors (Lipinski definition) is 2. The van der Waals surface area contributed by atoms with Gasteiger partial charge in [-0.3, -0.25) is 4.79 Å². The summed E-state index contributed by atoms with van der Waals surface area (Å²) in [6, 6.07) is 6.54. The minimum Gasteiger partial charge on any atom is -0.508 e. The van der Waals surface area contributed by atoms with E-state index in [4.69, 9.17) is 6.42 Å². The first-order chi connectivity index (χ1) is 7.15. The number of nitrogens with zero attached hydrogens (tertiary/aromatic N) is 1. The Morgan fingerprint density at radius 1 is 1.60 bits per heavy atom. The van der Waals surface area contributed by atoms with Crippen molar-refractivity contribution in [2.75, 3.05) is 11.9 Å². The number of terminal acetylenes is 1.